The summed E-state index contributed by atoms with van der Waals surface area (Å²) in [6.45, 7) is 5.67. The van der Waals surface area contributed by atoms with Crippen LogP contribution < -0.4 is 5.32 Å². The third-order valence-corrected chi connectivity index (χ3v) is 2.02. The van der Waals surface area contributed by atoms with Gasteiger partial charge in [-0.25, -0.2) is 0 Å². The van der Waals surface area contributed by atoms with Crippen LogP contribution in [0.1, 0.15) is 26.2 Å². The molecule has 1 unspecified atom stereocenters. The fraction of sp³-hybridized carbons (Fsp3) is 1.00. The summed E-state index contributed by atoms with van der Waals surface area (Å²) in [5.74, 6) is 0. The van der Waals surface area contributed by atoms with E-state index in [1.807, 2.05) is 0 Å². The third kappa shape index (κ3) is 11.8. The van der Waals surface area contributed by atoms with E-state index in [1.165, 1.54) is 6.42 Å². The van der Waals surface area contributed by atoms with E-state index in [0.29, 0.717) is 13.2 Å². The molecule has 0 amide bonds. The molecule has 0 aromatic carbocycles. The van der Waals surface area contributed by atoms with Crippen LogP contribution in [-0.4, -0.2) is 51.2 Å². The highest BCUT2D eigenvalue weighted by Crippen LogP contribution is 1.89. The Balaban J connectivity index is 2.98. The maximum absolute atomic E-state index is 9.30. The van der Waals surface area contributed by atoms with E-state index < -0.39 is 6.10 Å². The molecule has 2 N–H and O–H groups in total. The summed E-state index contributed by atoms with van der Waals surface area (Å²) >= 11 is 0. The molecule has 4 heteroatoms. The zero-order valence-corrected chi connectivity index (χ0v) is 10.00. The van der Waals surface area contributed by atoms with Crippen molar-refractivity contribution in [2.24, 2.45) is 0 Å². The molecule has 0 spiro atoms. The highest BCUT2D eigenvalue weighted by atomic mass is 16.5. The van der Waals surface area contributed by atoms with Crippen molar-refractivity contribution in [3.05, 3.63) is 0 Å². The summed E-state index contributed by atoms with van der Waals surface area (Å²) in [5, 5.41) is 12.5. The van der Waals surface area contributed by atoms with Crippen LogP contribution in [0.25, 0.3) is 0 Å². The molecule has 0 aliphatic rings. The van der Waals surface area contributed by atoms with E-state index in [9.17, 15) is 5.11 Å². The Labute approximate surface area is 93.0 Å². The average molecular weight is 219 g/mol. The van der Waals surface area contributed by atoms with Crippen LogP contribution >= 0.6 is 0 Å². The van der Waals surface area contributed by atoms with Gasteiger partial charge < -0.3 is 19.9 Å². The molecule has 0 aromatic rings. The summed E-state index contributed by atoms with van der Waals surface area (Å²) in [6, 6.07) is 0. The first-order valence-corrected chi connectivity index (χ1v) is 5.76. The van der Waals surface area contributed by atoms with Crippen LogP contribution in [0.2, 0.25) is 0 Å². The van der Waals surface area contributed by atoms with E-state index in [-0.39, 0.29) is 0 Å². The third-order valence-electron chi connectivity index (χ3n) is 2.02. The molecule has 92 valence electrons. The van der Waals surface area contributed by atoms with Gasteiger partial charge in [-0.05, 0) is 19.4 Å². The van der Waals surface area contributed by atoms with Crippen molar-refractivity contribution in [2.75, 3.05) is 40.0 Å². The van der Waals surface area contributed by atoms with Crippen molar-refractivity contribution >= 4 is 0 Å². The molecule has 0 bridgehead atoms. The predicted octanol–water partition coefficient (Wildman–Crippen LogP) is 0.790. The lowest BCUT2D eigenvalue weighted by atomic mass is 10.3. The number of nitrogens with one attached hydrogen (secondary N) is 1. The number of rotatable bonds is 11. The SMILES string of the molecule is CCCCOCCCNCC(O)COC. The predicted molar refractivity (Wildman–Crippen MR) is 61.1 cm³/mol. The second-order valence-electron chi connectivity index (χ2n) is 3.63. The Morgan fingerprint density at radius 3 is 2.67 bits per heavy atom. The van der Waals surface area contributed by atoms with Crippen LogP contribution in [0.3, 0.4) is 0 Å². The van der Waals surface area contributed by atoms with Gasteiger partial charge in [0.1, 0.15) is 0 Å². The summed E-state index contributed by atoms with van der Waals surface area (Å²) in [7, 11) is 1.59. The van der Waals surface area contributed by atoms with E-state index >= 15 is 0 Å². The molecule has 0 rings (SSSR count). The Hall–Kier alpha value is -0.160. The molecule has 0 radical (unpaired) electrons. The molecule has 15 heavy (non-hydrogen) atoms. The number of hydrogen-bond acceptors (Lipinski definition) is 4. The largest absolute Gasteiger partial charge is 0.389 e. The summed E-state index contributed by atoms with van der Waals surface area (Å²) in [6.07, 6.45) is 2.90. The summed E-state index contributed by atoms with van der Waals surface area (Å²) < 4.78 is 10.2. The van der Waals surface area contributed by atoms with Gasteiger partial charge in [0.25, 0.3) is 0 Å². The van der Waals surface area contributed by atoms with Gasteiger partial charge in [-0.3, -0.25) is 0 Å². The summed E-state index contributed by atoms with van der Waals surface area (Å²) in [4.78, 5) is 0. The molecular weight excluding hydrogens is 194 g/mol. The molecule has 0 aromatic heterocycles. The lowest BCUT2D eigenvalue weighted by Crippen LogP contribution is -2.31. The molecule has 0 fully saturated rings. The highest BCUT2D eigenvalue weighted by molar-refractivity contribution is 4.57. The van der Waals surface area contributed by atoms with Crippen molar-refractivity contribution in [1.29, 1.82) is 0 Å². The molecule has 0 aliphatic heterocycles. The molecule has 4 nitrogen and oxygen atoms in total. The topological polar surface area (TPSA) is 50.7 Å². The lowest BCUT2D eigenvalue weighted by molar-refractivity contribution is 0.0638. The van der Waals surface area contributed by atoms with Gasteiger partial charge in [-0.1, -0.05) is 13.3 Å². The number of aliphatic hydroxyl groups is 1. The van der Waals surface area contributed by atoms with Gasteiger partial charge >= 0.3 is 0 Å². The zero-order valence-electron chi connectivity index (χ0n) is 10.00. The van der Waals surface area contributed by atoms with E-state index in [2.05, 4.69) is 12.2 Å². The van der Waals surface area contributed by atoms with Crippen molar-refractivity contribution < 1.29 is 14.6 Å². The first kappa shape index (κ1) is 14.8. The van der Waals surface area contributed by atoms with E-state index in [0.717, 1.165) is 32.6 Å². The molecule has 0 aliphatic carbocycles. The van der Waals surface area contributed by atoms with Gasteiger partial charge in [0.05, 0.1) is 12.7 Å². The average Bonchev–Trinajstić information content (AvgIpc) is 2.22. The standard InChI is InChI=1S/C11H25NO3/c1-3-4-7-15-8-5-6-12-9-11(13)10-14-2/h11-13H,3-10H2,1-2H3. The normalized spacial score (nSPS) is 13.0. The minimum Gasteiger partial charge on any atom is -0.389 e. The highest BCUT2D eigenvalue weighted by Gasteiger charge is 2.00. The number of hydrogen-bond donors (Lipinski definition) is 2. The fourth-order valence-electron chi connectivity index (χ4n) is 1.17. The Morgan fingerprint density at radius 1 is 1.27 bits per heavy atom. The minimum absolute atomic E-state index is 0.389. The van der Waals surface area contributed by atoms with Crippen LogP contribution in [0, 0.1) is 0 Å². The van der Waals surface area contributed by atoms with Gasteiger partial charge in [0.15, 0.2) is 0 Å². The van der Waals surface area contributed by atoms with Crippen LogP contribution in [0.15, 0.2) is 0 Å². The van der Waals surface area contributed by atoms with E-state index in [1.54, 1.807) is 7.11 Å². The lowest BCUT2D eigenvalue weighted by Gasteiger charge is -2.10. The summed E-state index contributed by atoms with van der Waals surface area (Å²) in [5.41, 5.74) is 0. The smallest absolute Gasteiger partial charge is 0.0897 e. The van der Waals surface area contributed by atoms with Crippen molar-refractivity contribution in [3.8, 4) is 0 Å². The first-order valence-electron chi connectivity index (χ1n) is 5.76. The quantitative estimate of drug-likeness (QED) is 0.504. The van der Waals surface area contributed by atoms with Crippen molar-refractivity contribution in [1.82, 2.24) is 5.32 Å². The molecule has 1 atom stereocenters. The Morgan fingerprint density at radius 2 is 2.00 bits per heavy atom. The maximum atomic E-state index is 9.30. The first-order chi connectivity index (χ1) is 7.31. The molecular formula is C11H25NO3. The van der Waals surface area contributed by atoms with Crippen molar-refractivity contribution in [3.63, 3.8) is 0 Å². The maximum Gasteiger partial charge on any atom is 0.0897 e. The molecule has 0 saturated carbocycles. The monoisotopic (exact) mass is 219 g/mol. The molecule has 0 saturated heterocycles. The van der Waals surface area contributed by atoms with Crippen LogP contribution in [0.4, 0.5) is 0 Å². The van der Waals surface area contributed by atoms with Gasteiger partial charge in [0, 0.05) is 26.9 Å². The van der Waals surface area contributed by atoms with Gasteiger partial charge in [-0.2, -0.15) is 0 Å². The minimum atomic E-state index is -0.406. The second-order valence-corrected chi connectivity index (χ2v) is 3.63. The van der Waals surface area contributed by atoms with Gasteiger partial charge in [0.2, 0.25) is 0 Å². The van der Waals surface area contributed by atoms with Gasteiger partial charge in [-0.15, -0.1) is 0 Å². The fourth-order valence-corrected chi connectivity index (χ4v) is 1.17. The Bertz CT molecular complexity index is 122. The number of aliphatic hydroxyl groups excluding tert-OH is 1. The Kier molecular flexibility index (Phi) is 11.8. The molecule has 0 heterocycles. The van der Waals surface area contributed by atoms with Crippen LogP contribution in [-0.2, 0) is 9.47 Å². The number of methoxy groups -OCH3 is 1. The number of ether oxygens (including phenoxy) is 2. The van der Waals surface area contributed by atoms with E-state index in [4.69, 9.17) is 9.47 Å². The second kappa shape index (κ2) is 11.9. The van der Waals surface area contributed by atoms with Crippen LogP contribution in [0.5, 0.6) is 0 Å². The zero-order chi connectivity index (χ0) is 11.4. The van der Waals surface area contributed by atoms with Crippen molar-refractivity contribution in [2.45, 2.75) is 32.3 Å². The number of unbranched alkanes of at least 4 members (excludes halogenated alkanes) is 1.